The van der Waals surface area contributed by atoms with Crippen molar-refractivity contribution in [2.75, 3.05) is 13.2 Å². The second-order valence-electron chi connectivity index (χ2n) is 8.56. The Morgan fingerprint density at radius 3 is 2.48 bits per heavy atom. The normalized spacial score (nSPS) is 12.4. The van der Waals surface area contributed by atoms with Gasteiger partial charge in [0.2, 0.25) is 17.6 Å². The van der Waals surface area contributed by atoms with Crippen LogP contribution in [0, 0.1) is 12.7 Å². The number of nitrogens with one attached hydrogen (secondary N) is 1. The molecule has 0 spiro atoms. The first kappa shape index (κ1) is 24.1. The van der Waals surface area contributed by atoms with Gasteiger partial charge in [0.25, 0.3) is 0 Å². The van der Waals surface area contributed by atoms with Gasteiger partial charge in [-0.3, -0.25) is 9.59 Å². The highest BCUT2D eigenvalue weighted by molar-refractivity contribution is 5.89. The monoisotopic (exact) mass is 458 g/mol. The van der Waals surface area contributed by atoms with E-state index in [1.54, 1.807) is 19.1 Å². The molecule has 33 heavy (non-hydrogen) atoms. The van der Waals surface area contributed by atoms with Crippen LogP contribution in [0.2, 0.25) is 0 Å². The third-order valence-corrected chi connectivity index (χ3v) is 4.60. The van der Waals surface area contributed by atoms with Gasteiger partial charge in [-0.2, -0.15) is 4.80 Å². The van der Waals surface area contributed by atoms with Crippen LogP contribution in [0.4, 0.5) is 4.39 Å². The second kappa shape index (κ2) is 9.90. The molecule has 0 aliphatic heterocycles. The van der Waals surface area contributed by atoms with Gasteiger partial charge in [-0.05, 0) is 62.7 Å². The Morgan fingerprint density at radius 1 is 1.21 bits per heavy atom. The number of benzene rings is 1. The van der Waals surface area contributed by atoms with E-state index in [1.165, 1.54) is 29.2 Å². The summed E-state index contributed by atoms with van der Waals surface area (Å²) < 4.78 is 19.0. The fraction of sp³-hybridized carbons (Fsp3) is 0.409. The second-order valence-corrected chi connectivity index (χ2v) is 8.56. The number of furan rings is 1. The van der Waals surface area contributed by atoms with E-state index in [-0.39, 0.29) is 25.5 Å². The average molecular weight is 458 g/mol. The van der Waals surface area contributed by atoms with Crippen LogP contribution in [-0.4, -0.2) is 60.7 Å². The summed E-state index contributed by atoms with van der Waals surface area (Å²) in [5.74, 6) is -0.159. The molecule has 2 heterocycles. The van der Waals surface area contributed by atoms with Gasteiger partial charge in [-0.15, -0.1) is 10.2 Å². The van der Waals surface area contributed by atoms with Crippen LogP contribution in [-0.2, 0) is 16.1 Å². The van der Waals surface area contributed by atoms with Crippen LogP contribution in [0.5, 0.6) is 0 Å². The fourth-order valence-corrected chi connectivity index (χ4v) is 3.24. The van der Waals surface area contributed by atoms with Crippen LogP contribution >= 0.6 is 0 Å². The molecule has 1 unspecified atom stereocenters. The van der Waals surface area contributed by atoms with E-state index in [1.807, 2.05) is 20.8 Å². The Hall–Kier alpha value is -3.60. The number of amides is 2. The summed E-state index contributed by atoms with van der Waals surface area (Å²) in [6, 6.07) is 7.65. The quantitative estimate of drug-likeness (QED) is 0.528. The van der Waals surface area contributed by atoms with Crippen LogP contribution in [0.1, 0.15) is 38.1 Å². The topological polar surface area (TPSA) is 126 Å². The Balaban J connectivity index is 1.88. The molecule has 2 amide bonds. The molecule has 2 aromatic heterocycles. The first-order valence-corrected chi connectivity index (χ1v) is 10.4. The van der Waals surface area contributed by atoms with Crippen molar-refractivity contribution in [2.24, 2.45) is 0 Å². The standard InChI is InChI=1S/C22H27FN6O4/c1-14-5-10-17(33-14)20-25-27-29(26-20)13-18(31)28(11-12-30)19(21(32)24-22(2,3)4)15-6-8-16(23)9-7-15/h5-10,19,30H,11-13H2,1-4H3,(H,24,32). The summed E-state index contributed by atoms with van der Waals surface area (Å²) in [7, 11) is 0. The predicted octanol–water partition coefficient (Wildman–Crippen LogP) is 1.86. The van der Waals surface area contributed by atoms with E-state index < -0.39 is 29.2 Å². The molecule has 0 fully saturated rings. The van der Waals surface area contributed by atoms with Crippen LogP contribution < -0.4 is 5.32 Å². The molecule has 2 N–H and O–H groups in total. The minimum Gasteiger partial charge on any atom is -0.458 e. The summed E-state index contributed by atoms with van der Waals surface area (Å²) >= 11 is 0. The lowest BCUT2D eigenvalue weighted by Crippen LogP contribution is -2.50. The number of rotatable bonds is 8. The van der Waals surface area contributed by atoms with Crippen molar-refractivity contribution < 1.29 is 23.5 Å². The van der Waals surface area contributed by atoms with Crippen molar-refractivity contribution in [3.8, 4) is 11.6 Å². The largest absolute Gasteiger partial charge is 0.458 e. The third-order valence-electron chi connectivity index (χ3n) is 4.60. The minimum absolute atomic E-state index is 0.128. The Morgan fingerprint density at radius 2 is 1.91 bits per heavy atom. The van der Waals surface area contributed by atoms with Gasteiger partial charge in [0.05, 0.1) is 6.61 Å². The van der Waals surface area contributed by atoms with Crippen molar-refractivity contribution in [2.45, 2.75) is 45.8 Å². The van der Waals surface area contributed by atoms with Crippen molar-refractivity contribution in [3.05, 3.63) is 53.5 Å². The van der Waals surface area contributed by atoms with Crippen molar-refractivity contribution in [3.63, 3.8) is 0 Å². The van der Waals surface area contributed by atoms with E-state index in [0.29, 0.717) is 17.1 Å². The number of hydrogen-bond donors (Lipinski definition) is 2. The van der Waals surface area contributed by atoms with Crippen LogP contribution in [0.25, 0.3) is 11.6 Å². The minimum atomic E-state index is -1.10. The predicted molar refractivity (Wildman–Crippen MR) is 116 cm³/mol. The number of nitrogens with zero attached hydrogens (tertiary/aromatic N) is 5. The lowest BCUT2D eigenvalue weighted by molar-refractivity contribution is -0.142. The highest BCUT2D eigenvalue weighted by Gasteiger charge is 2.33. The first-order valence-electron chi connectivity index (χ1n) is 10.4. The molecule has 1 aromatic carbocycles. The van der Waals surface area contributed by atoms with Crippen molar-refractivity contribution in [1.29, 1.82) is 0 Å². The van der Waals surface area contributed by atoms with E-state index >= 15 is 0 Å². The molecule has 3 rings (SSSR count). The number of aliphatic hydroxyl groups excluding tert-OH is 1. The summed E-state index contributed by atoms with van der Waals surface area (Å²) in [5.41, 5.74) is -0.175. The molecule has 0 aliphatic rings. The first-order chi connectivity index (χ1) is 15.6. The molecule has 0 bridgehead atoms. The number of halogens is 1. The molecule has 3 aromatic rings. The number of carbonyl (C=O) groups is 2. The van der Waals surface area contributed by atoms with Crippen molar-refractivity contribution >= 4 is 11.8 Å². The molecule has 0 saturated carbocycles. The zero-order valence-corrected chi connectivity index (χ0v) is 18.9. The van der Waals surface area contributed by atoms with E-state index in [0.717, 1.165) is 4.80 Å². The smallest absolute Gasteiger partial charge is 0.247 e. The molecule has 1 atom stereocenters. The number of aliphatic hydroxyl groups is 1. The average Bonchev–Trinajstić information content (AvgIpc) is 3.36. The molecule has 11 heteroatoms. The molecule has 0 aliphatic carbocycles. The van der Waals surface area contributed by atoms with E-state index in [4.69, 9.17) is 4.42 Å². The SMILES string of the molecule is Cc1ccc(-c2nnn(CC(=O)N(CCO)C(C(=O)NC(C)(C)C)c3ccc(F)cc3)n2)o1. The van der Waals surface area contributed by atoms with Gasteiger partial charge in [0.15, 0.2) is 5.76 Å². The van der Waals surface area contributed by atoms with Gasteiger partial charge in [0.1, 0.15) is 24.2 Å². The highest BCUT2D eigenvalue weighted by atomic mass is 19.1. The van der Waals surface area contributed by atoms with Gasteiger partial charge >= 0.3 is 0 Å². The Labute approximate surface area is 190 Å². The number of aryl methyl sites for hydroxylation is 1. The maximum Gasteiger partial charge on any atom is 0.247 e. The van der Waals surface area contributed by atoms with Crippen LogP contribution in [0.3, 0.4) is 0 Å². The number of hydrogen-bond acceptors (Lipinski definition) is 7. The number of tetrazole rings is 1. The van der Waals surface area contributed by atoms with Gasteiger partial charge in [0, 0.05) is 12.1 Å². The molecular formula is C22H27FN6O4. The van der Waals surface area contributed by atoms with Crippen molar-refractivity contribution in [1.82, 2.24) is 30.4 Å². The Bertz CT molecular complexity index is 1100. The lowest BCUT2D eigenvalue weighted by atomic mass is 10.0. The fourth-order valence-electron chi connectivity index (χ4n) is 3.24. The molecular weight excluding hydrogens is 431 g/mol. The van der Waals surface area contributed by atoms with E-state index in [2.05, 4.69) is 20.7 Å². The van der Waals surface area contributed by atoms with E-state index in [9.17, 15) is 19.1 Å². The summed E-state index contributed by atoms with van der Waals surface area (Å²) in [5, 5.41) is 24.4. The summed E-state index contributed by atoms with van der Waals surface area (Å²) in [4.78, 5) is 28.7. The number of aromatic nitrogens is 4. The zero-order valence-electron chi connectivity index (χ0n) is 18.9. The van der Waals surface area contributed by atoms with Crippen LogP contribution in [0.15, 0.2) is 40.8 Å². The molecule has 176 valence electrons. The highest BCUT2D eigenvalue weighted by Crippen LogP contribution is 2.23. The number of carbonyl (C=O) groups excluding carboxylic acids is 2. The summed E-state index contributed by atoms with van der Waals surface area (Å²) in [6.07, 6.45) is 0. The summed E-state index contributed by atoms with van der Waals surface area (Å²) in [6.45, 7) is 6.37. The van der Waals surface area contributed by atoms with Gasteiger partial charge in [-0.1, -0.05) is 12.1 Å². The molecule has 0 saturated heterocycles. The van der Waals surface area contributed by atoms with Gasteiger partial charge in [-0.25, -0.2) is 4.39 Å². The molecule has 10 nitrogen and oxygen atoms in total. The zero-order chi connectivity index (χ0) is 24.2. The third kappa shape index (κ3) is 6.22. The van der Waals surface area contributed by atoms with Gasteiger partial charge < -0.3 is 19.7 Å². The molecule has 0 radical (unpaired) electrons. The maximum atomic E-state index is 13.5. The Kier molecular flexibility index (Phi) is 7.22. The lowest BCUT2D eigenvalue weighted by Gasteiger charge is -2.33. The maximum absolute atomic E-state index is 13.5.